The van der Waals surface area contributed by atoms with Gasteiger partial charge in [0.25, 0.3) is 0 Å². The largest absolute Gasteiger partial charge is 0.320 e. The third-order valence-electron chi connectivity index (χ3n) is 3.43. The number of hydrogen-bond donors (Lipinski definition) is 1. The second-order valence-electron chi connectivity index (χ2n) is 5.02. The summed E-state index contributed by atoms with van der Waals surface area (Å²) in [6.07, 6.45) is 2.99. The monoisotopic (exact) mass is 309 g/mol. The summed E-state index contributed by atoms with van der Waals surface area (Å²) in [4.78, 5) is 11.9. The van der Waals surface area contributed by atoms with Crippen molar-refractivity contribution in [2.75, 3.05) is 5.32 Å². The van der Waals surface area contributed by atoms with E-state index in [0.717, 1.165) is 28.5 Å². The number of benzene rings is 3. The molecule has 0 heterocycles. The van der Waals surface area contributed by atoms with Gasteiger partial charge in [0.05, 0.1) is 5.69 Å². The molecule has 0 aliphatic heterocycles. The molecular formula is C19H13F2NO. The Kier molecular flexibility index (Phi) is 4.15. The van der Waals surface area contributed by atoms with Gasteiger partial charge in [0.2, 0.25) is 5.91 Å². The summed E-state index contributed by atoms with van der Waals surface area (Å²) in [6, 6.07) is 16.6. The van der Waals surface area contributed by atoms with E-state index in [2.05, 4.69) is 5.32 Å². The van der Waals surface area contributed by atoms with Crippen molar-refractivity contribution in [1.29, 1.82) is 0 Å². The molecule has 0 atom stereocenters. The summed E-state index contributed by atoms with van der Waals surface area (Å²) in [5.74, 6) is -1.98. The number of carbonyl (C=O) groups is 1. The van der Waals surface area contributed by atoms with Crippen LogP contribution >= 0.6 is 0 Å². The number of hydrogen-bond acceptors (Lipinski definition) is 1. The highest BCUT2D eigenvalue weighted by Gasteiger charge is 2.06. The fraction of sp³-hybridized carbons (Fsp3) is 0. The Morgan fingerprint density at radius 1 is 0.957 bits per heavy atom. The fourth-order valence-corrected chi connectivity index (χ4v) is 2.33. The summed E-state index contributed by atoms with van der Waals surface area (Å²) in [5, 5.41) is 4.48. The molecule has 4 heteroatoms. The van der Waals surface area contributed by atoms with Crippen LogP contribution in [0.3, 0.4) is 0 Å². The number of amides is 1. The lowest BCUT2D eigenvalue weighted by Crippen LogP contribution is -2.09. The van der Waals surface area contributed by atoms with Gasteiger partial charge in [-0.2, -0.15) is 0 Å². The Labute approximate surface area is 132 Å². The van der Waals surface area contributed by atoms with Gasteiger partial charge < -0.3 is 5.32 Å². The van der Waals surface area contributed by atoms with Gasteiger partial charge in [-0.15, -0.1) is 0 Å². The number of fused-ring (bicyclic) bond motifs is 1. The number of rotatable bonds is 3. The van der Waals surface area contributed by atoms with Crippen LogP contribution < -0.4 is 5.32 Å². The first-order chi connectivity index (χ1) is 11.1. The molecule has 0 spiro atoms. The Balaban J connectivity index is 1.80. The van der Waals surface area contributed by atoms with Crippen molar-refractivity contribution >= 4 is 28.4 Å². The third-order valence-corrected chi connectivity index (χ3v) is 3.43. The topological polar surface area (TPSA) is 29.1 Å². The molecule has 0 saturated heterocycles. The van der Waals surface area contributed by atoms with Crippen LogP contribution in [-0.2, 0) is 4.79 Å². The van der Waals surface area contributed by atoms with E-state index in [4.69, 9.17) is 0 Å². The minimum atomic E-state index is -0.808. The van der Waals surface area contributed by atoms with Crippen LogP contribution in [0.4, 0.5) is 14.5 Å². The maximum Gasteiger partial charge on any atom is 0.248 e. The molecule has 0 radical (unpaired) electrons. The number of nitrogens with one attached hydrogen (secondary N) is 1. The van der Waals surface area contributed by atoms with Gasteiger partial charge in [-0.1, -0.05) is 42.5 Å². The lowest BCUT2D eigenvalue weighted by molar-refractivity contribution is -0.111. The normalized spacial score (nSPS) is 11.0. The lowest BCUT2D eigenvalue weighted by atomic mass is 10.0. The Bertz CT molecular complexity index is 898. The molecule has 3 rings (SSSR count). The summed E-state index contributed by atoms with van der Waals surface area (Å²) >= 11 is 0. The first-order valence-electron chi connectivity index (χ1n) is 7.05. The summed E-state index contributed by atoms with van der Waals surface area (Å²) in [7, 11) is 0. The van der Waals surface area contributed by atoms with E-state index in [0.29, 0.717) is 0 Å². The average Bonchev–Trinajstić information content (AvgIpc) is 2.55. The zero-order chi connectivity index (χ0) is 16.2. The molecular weight excluding hydrogens is 296 g/mol. The number of anilines is 1. The SMILES string of the molecule is O=C(/C=C\c1cccc2ccccc12)Nc1ccc(F)cc1F. The molecule has 0 aliphatic carbocycles. The van der Waals surface area contributed by atoms with Crippen LogP contribution in [0, 0.1) is 11.6 Å². The van der Waals surface area contributed by atoms with Crippen molar-refractivity contribution in [3.63, 3.8) is 0 Å². The van der Waals surface area contributed by atoms with Gasteiger partial charge in [-0.05, 0) is 34.5 Å². The number of halogens is 2. The Morgan fingerprint density at radius 2 is 1.74 bits per heavy atom. The minimum Gasteiger partial charge on any atom is -0.320 e. The van der Waals surface area contributed by atoms with Gasteiger partial charge in [-0.3, -0.25) is 4.79 Å². The van der Waals surface area contributed by atoms with Crippen molar-refractivity contribution in [3.8, 4) is 0 Å². The van der Waals surface area contributed by atoms with E-state index in [9.17, 15) is 13.6 Å². The Morgan fingerprint density at radius 3 is 2.57 bits per heavy atom. The van der Waals surface area contributed by atoms with Crippen LogP contribution in [-0.4, -0.2) is 5.91 Å². The zero-order valence-electron chi connectivity index (χ0n) is 12.1. The van der Waals surface area contributed by atoms with E-state index in [1.54, 1.807) is 6.08 Å². The molecule has 1 N–H and O–H groups in total. The van der Waals surface area contributed by atoms with E-state index < -0.39 is 17.5 Å². The maximum absolute atomic E-state index is 13.5. The quantitative estimate of drug-likeness (QED) is 0.694. The van der Waals surface area contributed by atoms with E-state index >= 15 is 0 Å². The molecule has 114 valence electrons. The summed E-state index contributed by atoms with van der Waals surface area (Å²) in [5.41, 5.74) is 0.830. The van der Waals surface area contributed by atoms with Crippen molar-refractivity contribution in [2.45, 2.75) is 0 Å². The van der Waals surface area contributed by atoms with Crippen molar-refractivity contribution in [2.24, 2.45) is 0 Å². The minimum absolute atomic E-state index is 0.0565. The van der Waals surface area contributed by atoms with E-state index in [1.807, 2.05) is 42.5 Å². The van der Waals surface area contributed by atoms with Gasteiger partial charge in [0.15, 0.2) is 0 Å². The van der Waals surface area contributed by atoms with Crippen LogP contribution in [0.1, 0.15) is 5.56 Å². The van der Waals surface area contributed by atoms with E-state index in [-0.39, 0.29) is 5.69 Å². The molecule has 0 saturated carbocycles. The molecule has 1 amide bonds. The predicted octanol–water partition coefficient (Wildman–Crippen LogP) is 4.77. The number of carbonyl (C=O) groups excluding carboxylic acids is 1. The molecule has 2 nitrogen and oxygen atoms in total. The maximum atomic E-state index is 13.5. The third kappa shape index (κ3) is 3.43. The van der Waals surface area contributed by atoms with Gasteiger partial charge >= 0.3 is 0 Å². The zero-order valence-corrected chi connectivity index (χ0v) is 12.1. The Hall–Kier alpha value is -3.01. The molecule has 0 aliphatic rings. The van der Waals surface area contributed by atoms with Gasteiger partial charge in [0, 0.05) is 12.1 Å². The van der Waals surface area contributed by atoms with Crippen molar-refractivity contribution < 1.29 is 13.6 Å². The van der Waals surface area contributed by atoms with E-state index in [1.165, 1.54) is 12.1 Å². The highest BCUT2D eigenvalue weighted by atomic mass is 19.1. The first-order valence-corrected chi connectivity index (χ1v) is 7.05. The van der Waals surface area contributed by atoms with Crippen LogP contribution in [0.2, 0.25) is 0 Å². The standard InChI is InChI=1S/C19H13F2NO/c20-15-9-10-18(17(21)12-15)22-19(23)11-8-14-6-3-5-13-4-1-2-7-16(13)14/h1-12H,(H,22,23)/b11-8-. The second-order valence-corrected chi connectivity index (χ2v) is 5.02. The summed E-state index contributed by atoms with van der Waals surface area (Å²) < 4.78 is 26.3. The molecule has 0 aromatic heterocycles. The molecule has 0 fully saturated rings. The lowest BCUT2D eigenvalue weighted by Gasteiger charge is -2.04. The fourth-order valence-electron chi connectivity index (χ4n) is 2.33. The van der Waals surface area contributed by atoms with Gasteiger partial charge in [0.1, 0.15) is 11.6 Å². The molecule has 0 bridgehead atoms. The second kappa shape index (κ2) is 6.40. The molecule has 0 unspecified atom stereocenters. The highest BCUT2D eigenvalue weighted by Crippen LogP contribution is 2.20. The van der Waals surface area contributed by atoms with Crippen molar-refractivity contribution in [1.82, 2.24) is 0 Å². The summed E-state index contributed by atoms with van der Waals surface area (Å²) in [6.45, 7) is 0. The molecule has 3 aromatic rings. The van der Waals surface area contributed by atoms with Crippen LogP contribution in [0.15, 0.2) is 66.7 Å². The highest BCUT2D eigenvalue weighted by molar-refractivity contribution is 6.03. The van der Waals surface area contributed by atoms with Crippen LogP contribution in [0.5, 0.6) is 0 Å². The smallest absolute Gasteiger partial charge is 0.248 e. The predicted molar refractivity (Wildman–Crippen MR) is 88.0 cm³/mol. The molecule has 23 heavy (non-hydrogen) atoms. The van der Waals surface area contributed by atoms with Crippen LogP contribution in [0.25, 0.3) is 16.8 Å². The first kappa shape index (κ1) is 14.9. The van der Waals surface area contributed by atoms with Gasteiger partial charge in [-0.25, -0.2) is 8.78 Å². The molecule has 3 aromatic carbocycles. The average molecular weight is 309 g/mol. The van der Waals surface area contributed by atoms with Crippen molar-refractivity contribution in [3.05, 3.63) is 83.9 Å².